The molecular weight excluding hydrogens is 232 g/mol. The molecule has 2 rings (SSSR count). The summed E-state index contributed by atoms with van der Waals surface area (Å²) in [4.78, 5) is 0. The maximum absolute atomic E-state index is 11.3. The molecule has 0 radical (unpaired) electrons. The molecule has 0 spiro atoms. The SMILES string of the molecule is CS(=O)N1CCC(NCc2ccccc2)CC1. The van der Waals surface area contributed by atoms with Crippen molar-refractivity contribution in [3.8, 4) is 0 Å². The first-order chi connectivity index (χ1) is 8.25. The minimum atomic E-state index is -0.801. The molecule has 1 N–H and O–H groups in total. The van der Waals surface area contributed by atoms with Gasteiger partial charge in [0.1, 0.15) is 0 Å². The third-order valence-electron chi connectivity index (χ3n) is 3.26. The van der Waals surface area contributed by atoms with Crippen LogP contribution in [-0.4, -0.2) is 33.9 Å². The number of hydrogen-bond donors (Lipinski definition) is 1. The van der Waals surface area contributed by atoms with Gasteiger partial charge in [0.25, 0.3) is 0 Å². The van der Waals surface area contributed by atoms with Crippen LogP contribution >= 0.6 is 0 Å². The van der Waals surface area contributed by atoms with Gasteiger partial charge < -0.3 is 5.32 Å². The smallest absolute Gasteiger partial charge is 0.0910 e. The molecule has 1 aliphatic rings. The molecule has 0 aromatic heterocycles. The molecule has 17 heavy (non-hydrogen) atoms. The molecule has 1 saturated heterocycles. The van der Waals surface area contributed by atoms with Gasteiger partial charge in [-0.1, -0.05) is 30.3 Å². The summed E-state index contributed by atoms with van der Waals surface area (Å²) >= 11 is 0. The Morgan fingerprint density at radius 3 is 2.53 bits per heavy atom. The van der Waals surface area contributed by atoms with Crippen molar-refractivity contribution in [2.45, 2.75) is 25.4 Å². The zero-order chi connectivity index (χ0) is 12.1. The summed E-state index contributed by atoms with van der Waals surface area (Å²) in [6.45, 7) is 2.81. The quantitative estimate of drug-likeness (QED) is 0.881. The summed E-state index contributed by atoms with van der Waals surface area (Å²) < 4.78 is 13.3. The summed E-state index contributed by atoms with van der Waals surface area (Å²) in [5, 5.41) is 3.57. The Bertz CT molecular complexity index is 361. The number of hydrogen-bond acceptors (Lipinski definition) is 2. The van der Waals surface area contributed by atoms with Crippen molar-refractivity contribution in [3.63, 3.8) is 0 Å². The standard InChI is InChI=1S/C13H20N2OS/c1-17(16)15-9-7-13(8-10-15)14-11-12-5-3-2-4-6-12/h2-6,13-14H,7-11H2,1H3. The molecule has 1 aromatic rings. The number of rotatable bonds is 4. The summed E-state index contributed by atoms with van der Waals surface area (Å²) in [5.41, 5.74) is 1.33. The lowest BCUT2D eigenvalue weighted by atomic mass is 10.1. The molecule has 0 aliphatic carbocycles. The second kappa shape index (κ2) is 6.28. The second-order valence-corrected chi connectivity index (χ2v) is 5.86. The number of nitrogens with one attached hydrogen (secondary N) is 1. The number of piperidine rings is 1. The van der Waals surface area contributed by atoms with E-state index in [0.29, 0.717) is 6.04 Å². The molecule has 94 valence electrons. The van der Waals surface area contributed by atoms with Crippen LogP contribution in [0.5, 0.6) is 0 Å². The maximum atomic E-state index is 11.3. The first kappa shape index (κ1) is 12.7. The van der Waals surface area contributed by atoms with Crippen molar-refractivity contribution >= 4 is 11.0 Å². The Hall–Kier alpha value is -0.710. The third-order valence-corrected chi connectivity index (χ3v) is 4.35. The van der Waals surface area contributed by atoms with Crippen molar-refractivity contribution in [3.05, 3.63) is 35.9 Å². The van der Waals surface area contributed by atoms with Crippen LogP contribution in [0.1, 0.15) is 18.4 Å². The third kappa shape index (κ3) is 3.91. The van der Waals surface area contributed by atoms with Crippen molar-refractivity contribution in [2.24, 2.45) is 0 Å². The Morgan fingerprint density at radius 2 is 1.94 bits per heavy atom. The summed E-state index contributed by atoms with van der Waals surface area (Å²) in [5.74, 6) is 0. The Balaban J connectivity index is 1.74. The van der Waals surface area contributed by atoms with Gasteiger partial charge in [-0.2, -0.15) is 0 Å². The molecule has 1 aliphatic heterocycles. The molecule has 0 amide bonds. The summed E-state index contributed by atoms with van der Waals surface area (Å²) in [7, 11) is -0.801. The number of nitrogens with zero attached hydrogens (tertiary/aromatic N) is 1. The van der Waals surface area contributed by atoms with E-state index < -0.39 is 11.0 Å². The fourth-order valence-corrected chi connectivity index (χ4v) is 2.90. The largest absolute Gasteiger partial charge is 0.310 e. The monoisotopic (exact) mass is 252 g/mol. The molecule has 1 unspecified atom stereocenters. The molecule has 0 saturated carbocycles. The molecule has 1 atom stereocenters. The van der Waals surface area contributed by atoms with Gasteiger partial charge in [0, 0.05) is 31.9 Å². The van der Waals surface area contributed by atoms with Gasteiger partial charge in [0.15, 0.2) is 0 Å². The highest BCUT2D eigenvalue weighted by Crippen LogP contribution is 2.12. The Morgan fingerprint density at radius 1 is 1.29 bits per heavy atom. The Kier molecular flexibility index (Phi) is 4.71. The predicted octanol–water partition coefficient (Wildman–Crippen LogP) is 1.53. The minimum absolute atomic E-state index is 0.565. The highest BCUT2D eigenvalue weighted by atomic mass is 32.2. The highest BCUT2D eigenvalue weighted by Gasteiger charge is 2.20. The van der Waals surface area contributed by atoms with Crippen molar-refractivity contribution in [1.82, 2.24) is 9.62 Å². The van der Waals surface area contributed by atoms with E-state index in [9.17, 15) is 4.21 Å². The average molecular weight is 252 g/mol. The van der Waals surface area contributed by atoms with E-state index in [2.05, 4.69) is 29.6 Å². The Labute approximate surface area is 106 Å². The summed E-state index contributed by atoms with van der Waals surface area (Å²) in [6.07, 6.45) is 3.94. The second-order valence-electron chi connectivity index (χ2n) is 4.49. The van der Waals surface area contributed by atoms with Gasteiger partial charge in [0.05, 0.1) is 11.0 Å². The number of benzene rings is 1. The van der Waals surface area contributed by atoms with Crippen LogP contribution in [0.3, 0.4) is 0 Å². The van der Waals surface area contributed by atoms with Gasteiger partial charge in [0.2, 0.25) is 0 Å². The van der Waals surface area contributed by atoms with Crippen LogP contribution < -0.4 is 5.32 Å². The fraction of sp³-hybridized carbons (Fsp3) is 0.538. The summed E-state index contributed by atoms with van der Waals surface area (Å²) in [6, 6.07) is 11.0. The van der Waals surface area contributed by atoms with E-state index >= 15 is 0 Å². The molecule has 3 nitrogen and oxygen atoms in total. The first-order valence-electron chi connectivity index (χ1n) is 6.11. The van der Waals surface area contributed by atoms with Gasteiger partial charge in [-0.15, -0.1) is 0 Å². The van der Waals surface area contributed by atoms with Crippen LogP contribution in [0.4, 0.5) is 0 Å². The first-order valence-corrected chi connectivity index (χ1v) is 7.63. The van der Waals surface area contributed by atoms with Crippen LogP contribution in [0.15, 0.2) is 30.3 Å². The fourth-order valence-electron chi connectivity index (χ4n) is 2.18. The van der Waals surface area contributed by atoms with E-state index in [-0.39, 0.29) is 0 Å². The normalized spacial score (nSPS) is 20.3. The lowest BCUT2D eigenvalue weighted by molar-refractivity contribution is 0.300. The van der Waals surface area contributed by atoms with Crippen LogP contribution in [0.2, 0.25) is 0 Å². The van der Waals surface area contributed by atoms with Gasteiger partial charge in [-0.3, -0.25) is 0 Å². The maximum Gasteiger partial charge on any atom is 0.0910 e. The topological polar surface area (TPSA) is 32.3 Å². The van der Waals surface area contributed by atoms with Crippen LogP contribution in [0.25, 0.3) is 0 Å². The van der Waals surface area contributed by atoms with Crippen LogP contribution in [-0.2, 0) is 17.5 Å². The molecular formula is C13H20N2OS. The van der Waals surface area contributed by atoms with Crippen LogP contribution in [0, 0.1) is 0 Å². The van der Waals surface area contributed by atoms with Gasteiger partial charge >= 0.3 is 0 Å². The zero-order valence-electron chi connectivity index (χ0n) is 10.3. The van der Waals surface area contributed by atoms with Gasteiger partial charge in [-0.25, -0.2) is 8.51 Å². The van der Waals surface area contributed by atoms with E-state index in [1.807, 2.05) is 10.4 Å². The van der Waals surface area contributed by atoms with E-state index in [1.54, 1.807) is 6.26 Å². The molecule has 1 heterocycles. The average Bonchev–Trinajstić information content (AvgIpc) is 2.38. The van der Waals surface area contributed by atoms with Crippen molar-refractivity contribution in [2.75, 3.05) is 19.3 Å². The van der Waals surface area contributed by atoms with E-state index in [4.69, 9.17) is 0 Å². The molecule has 4 heteroatoms. The lowest BCUT2D eigenvalue weighted by Gasteiger charge is -2.30. The molecule has 1 fully saturated rings. The highest BCUT2D eigenvalue weighted by molar-refractivity contribution is 7.81. The molecule has 0 bridgehead atoms. The molecule has 1 aromatic carbocycles. The van der Waals surface area contributed by atoms with E-state index in [0.717, 1.165) is 32.5 Å². The zero-order valence-corrected chi connectivity index (χ0v) is 11.1. The lowest BCUT2D eigenvalue weighted by Crippen LogP contribution is -2.42. The van der Waals surface area contributed by atoms with Gasteiger partial charge in [-0.05, 0) is 18.4 Å². The van der Waals surface area contributed by atoms with Crippen molar-refractivity contribution in [1.29, 1.82) is 0 Å². The van der Waals surface area contributed by atoms with Crippen molar-refractivity contribution < 1.29 is 4.21 Å². The predicted molar refractivity (Wildman–Crippen MR) is 71.9 cm³/mol. The minimum Gasteiger partial charge on any atom is -0.310 e. The van der Waals surface area contributed by atoms with E-state index in [1.165, 1.54) is 5.56 Å².